The largest absolute Gasteiger partial charge is 0.462 e. The number of hydrogen-bond acceptors (Lipinski definition) is 4. The SMILES string of the molecule is CCOC(=O)c1ccc(C#N)cc1C(Cl)C(C)=O. The van der Waals surface area contributed by atoms with Gasteiger partial charge in [-0.2, -0.15) is 5.26 Å². The first-order valence-corrected chi connectivity index (χ1v) is 5.80. The number of ether oxygens (including phenoxy) is 1. The Hall–Kier alpha value is -1.86. The number of ketones is 1. The fourth-order valence-corrected chi connectivity index (χ4v) is 1.64. The van der Waals surface area contributed by atoms with Gasteiger partial charge in [0.15, 0.2) is 5.78 Å². The molecular weight excluding hydrogens is 254 g/mol. The second kappa shape index (κ2) is 6.18. The summed E-state index contributed by atoms with van der Waals surface area (Å²) in [5, 5.41) is 7.86. The zero-order chi connectivity index (χ0) is 13.7. The van der Waals surface area contributed by atoms with E-state index in [2.05, 4.69) is 0 Å². The Labute approximate surface area is 110 Å². The van der Waals surface area contributed by atoms with Crippen molar-refractivity contribution in [2.24, 2.45) is 0 Å². The van der Waals surface area contributed by atoms with E-state index in [1.807, 2.05) is 6.07 Å². The van der Waals surface area contributed by atoms with Crippen LogP contribution in [0.15, 0.2) is 18.2 Å². The Morgan fingerprint density at radius 2 is 2.17 bits per heavy atom. The van der Waals surface area contributed by atoms with Crippen LogP contribution in [0.4, 0.5) is 0 Å². The average Bonchev–Trinajstić information content (AvgIpc) is 2.37. The summed E-state index contributed by atoms with van der Waals surface area (Å²) in [7, 11) is 0. The minimum absolute atomic E-state index is 0.214. The van der Waals surface area contributed by atoms with Gasteiger partial charge >= 0.3 is 5.97 Å². The Morgan fingerprint density at radius 1 is 1.50 bits per heavy atom. The van der Waals surface area contributed by atoms with E-state index in [0.29, 0.717) is 11.1 Å². The Kier molecular flexibility index (Phi) is 4.87. The summed E-state index contributed by atoms with van der Waals surface area (Å²) < 4.78 is 4.88. The van der Waals surface area contributed by atoms with Crippen LogP contribution in [0.1, 0.15) is 40.7 Å². The lowest BCUT2D eigenvalue weighted by Crippen LogP contribution is -2.12. The Morgan fingerprint density at radius 3 is 2.67 bits per heavy atom. The number of rotatable bonds is 4. The smallest absolute Gasteiger partial charge is 0.338 e. The first kappa shape index (κ1) is 14.2. The third kappa shape index (κ3) is 3.08. The zero-order valence-corrected chi connectivity index (χ0v) is 10.8. The molecule has 0 spiro atoms. The van der Waals surface area contributed by atoms with Crippen molar-refractivity contribution in [3.05, 3.63) is 34.9 Å². The first-order chi connectivity index (χ1) is 8.51. The molecule has 0 bridgehead atoms. The summed E-state index contributed by atoms with van der Waals surface area (Å²) in [6.07, 6.45) is 0. The summed E-state index contributed by atoms with van der Waals surface area (Å²) in [5.41, 5.74) is 0.859. The van der Waals surface area contributed by atoms with Gasteiger partial charge in [0.1, 0.15) is 5.38 Å². The molecule has 1 aromatic rings. The standard InChI is InChI=1S/C13H12ClNO3/c1-3-18-13(17)10-5-4-9(7-15)6-11(10)12(14)8(2)16/h4-6,12H,3H2,1-2H3. The van der Waals surface area contributed by atoms with E-state index < -0.39 is 11.3 Å². The molecule has 0 radical (unpaired) electrons. The van der Waals surface area contributed by atoms with E-state index in [4.69, 9.17) is 21.6 Å². The highest BCUT2D eigenvalue weighted by atomic mass is 35.5. The van der Waals surface area contributed by atoms with E-state index in [-0.39, 0.29) is 18.0 Å². The fourth-order valence-electron chi connectivity index (χ4n) is 1.46. The molecule has 0 aliphatic heterocycles. The molecule has 1 unspecified atom stereocenters. The number of carbonyl (C=O) groups excluding carboxylic acids is 2. The Bertz CT molecular complexity index is 519. The maximum Gasteiger partial charge on any atom is 0.338 e. The molecule has 0 aliphatic carbocycles. The summed E-state index contributed by atoms with van der Waals surface area (Å²) in [6.45, 7) is 3.24. The van der Waals surface area contributed by atoms with Crippen LogP contribution in [0.5, 0.6) is 0 Å². The maximum absolute atomic E-state index is 11.7. The molecule has 1 rings (SSSR count). The molecule has 0 N–H and O–H groups in total. The van der Waals surface area contributed by atoms with Crippen LogP contribution >= 0.6 is 11.6 Å². The molecule has 4 nitrogen and oxygen atoms in total. The van der Waals surface area contributed by atoms with Gasteiger partial charge in [0.2, 0.25) is 0 Å². The summed E-state index contributed by atoms with van der Waals surface area (Å²) in [4.78, 5) is 23.0. The van der Waals surface area contributed by atoms with Crippen LogP contribution in [0.2, 0.25) is 0 Å². The topological polar surface area (TPSA) is 67.2 Å². The van der Waals surface area contributed by atoms with E-state index >= 15 is 0 Å². The highest BCUT2D eigenvalue weighted by molar-refractivity contribution is 6.31. The van der Waals surface area contributed by atoms with Gasteiger partial charge in [-0.05, 0) is 37.6 Å². The molecule has 0 saturated carbocycles. The van der Waals surface area contributed by atoms with Crippen molar-refractivity contribution in [2.75, 3.05) is 6.61 Å². The summed E-state index contributed by atoms with van der Waals surface area (Å²) in [5.74, 6) is -0.846. The number of Topliss-reactive ketones (excluding diaryl/α,β-unsaturated/α-hetero) is 1. The predicted molar refractivity (Wildman–Crippen MR) is 66.4 cm³/mol. The summed E-state index contributed by atoms with van der Waals surface area (Å²) in [6, 6.07) is 6.31. The lowest BCUT2D eigenvalue weighted by molar-refractivity contribution is -0.116. The molecule has 94 valence electrons. The van der Waals surface area contributed by atoms with Gasteiger partial charge in [0.05, 0.1) is 23.8 Å². The van der Waals surface area contributed by atoms with Gasteiger partial charge in [0.25, 0.3) is 0 Å². The normalized spacial score (nSPS) is 11.4. The first-order valence-electron chi connectivity index (χ1n) is 5.37. The third-order valence-electron chi connectivity index (χ3n) is 2.31. The molecule has 0 aromatic heterocycles. The fraction of sp³-hybridized carbons (Fsp3) is 0.308. The van der Waals surface area contributed by atoms with Gasteiger partial charge in [-0.1, -0.05) is 0 Å². The second-order valence-electron chi connectivity index (χ2n) is 3.61. The molecule has 0 heterocycles. The van der Waals surface area contributed by atoms with Crippen LogP contribution in [0.25, 0.3) is 0 Å². The van der Waals surface area contributed by atoms with Crippen LogP contribution in [-0.4, -0.2) is 18.4 Å². The molecule has 0 fully saturated rings. The van der Waals surface area contributed by atoms with Gasteiger partial charge in [-0.3, -0.25) is 4.79 Å². The lowest BCUT2D eigenvalue weighted by Gasteiger charge is -2.12. The van der Waals surface area contributed by atoms with E-state index in [1.165, 1.54) is 25.1 Å². The number of esters is 1. The van der Waals surface area contributed by atoms with Crippen molar-refractivity contribution in [1.29, 1.82) is 5.26 Å². The number of hydrogen-bond donors (Lipinski definition) is 0. The maximum atomic E-state index is 11.7. The van der Waals surface area contributed by atoms with E-state index in [1.54, 1.807) is 6.92 Å². The highest BCUT2D eigenvalue weighted by Crippen LogP contribution is 2.26. The number of halogens is 1. The predicted octanol–water partition coefficient (Wildman–Crippen LogP) is 2.60. The highest BCUT2D eigenvalue weighted by Gasteiger charge is 2.22. The van der Waals surface area contributed by atoms with Crippen molar-refractivity contribution in [2.45, 2.75) is 19.2 Å². The number of carbonyl (C=O) groups is 2. The molecule has 0 saturated heterocycles. The van der Waals surface area contributed by atoms with E-state index in [9.17, 15) is 9.59 Å². The van der Waals surface area contributed by atoms with Crippen LogP contribution in [0, 0.1) is 11.3 Å². The minimum Gasteiger partial charge on any atom is -0.462 e. The van der Waals surface area contributed by atoms with Gasteiger partial charge in [0, 0.05) is 0 Å². The van der Waals surface area contributed by atoms with Crippen molar-refractivity contribution in [1.82, 2.24) is 0 Å². The Balaban J connectivity index is 3.29. The average molecular weight is 266 g/mol. The number of benzene rings is 1. The molecular formula is C13H12ClNO3. The van der Waals surface area contributed by atoms with Crippen molar-refractivity contribution in [3.8, 4) is 6.07 Å². The number of nitrogens with zero attached hydrogens (tertiary/aromatic N) is 1. The van der Waals surface area contributed by atoms with Gasteiger partial charge in [-0.15, -0.1) is 11.6 Å². The summed E-state index contributed by atoms with van der Waals surface area (Å²) >= 11 is 5.95. The molecule has 0 amide bonds. The van der Waals surface area contributed by atoms with Gasteiger partial charge < -0.3 is 4.74 Å². The van der Waals surface area contributed by atoms with Gasteiger partial charge in [-0.25, -0.2) is 4.79 Å². The van der Waals surface area contributed by atoms with Crippen molar-refractivity contribution >= 4 is 23.4 Å². The third-order valence-corrected chi connectivity index (χ3v) is 2.85. The van der Waals surface area contributed by atoms with Crippen LogP contribution < -0.4 is 0 Å². The van der Waals surface area contributed by atoms with E-state index in [0.717, 1.165) is 0 Å². The molecule has 1 atom stereocenters. The molecule has 1 aromatic carbocycles. The van der Waals surface area contributed by atoms with Crippen LogP contribution in [-0.2, 0) is 9.53 Å². The molecule has 0 aliphatic rings. The molecule has 18 heavy (non-hydrogen) atoms. The number of nitriles is 1. The van der Waals surface area contributed by atoms with Crippen LogP contribution in [0.3, 0.4) is 0 Å². The minimum atomic E-state index is -0.960. The van der Waals surface area contributed by atoms with Crippen molar-refractivity contribution in [3.63, 3.8) is 0 Å². The quantitative estimate of drug-likeness (QED) is 0.620. The monoisotopic (exact) mass is 265 g/mol. The molecule has 5 heteroatoms. The second-order valence-corrected chi connectivity index (χ2v) is 4.04. The lowest BCUT2D eigenvalue weighted by atomic mass is 9.99. The zero-order valence-electron chi connectivity index (χ0n) is 10.1. The number of alkyl halides is 1. The van der Waals surface area contributed by atoms with Crippen molar-refractivity contribution < 1.29 is 14.3 Å².